The first-order chi connectivity index (χ1) is 10.1. The predicted octanol–water partition coefficient (Wildman–Crippen LogP) is 3.14. The number of carbonyl (C=O) groups is 1. The maximum atomic E-state index is 13.3. The number of nitrogen functional groups attached to an aromatic ring is 1. The molecule has 0 atom stereocenters. The molecule has 21 heavy (non-hydrogen) atoms. The Balaban J connectivity index is 1.99. The van der Waals surface area contributed by atoms with Crippen LogP contribution in [0.5, 0.6) is 0 Å². The zero-order chi connectivity index (χ0) is 15.0. The van der Waals surface area contributed by atoms with Crippen molar-refractivity contribution in [3.05, 3.63) is 59.2 Å². The highest BCUT2D eigenvalue weighted by Gasteiger charge is 2.24. The van der Waals surface area contributed by atoms with Crippen molar-refractivity contribution in [1.29, 1.82) is 0 Å². The lowest BCUT2D eigenvalue weighted by Gasteiger charge is -2.29. The van der Waals surface area contributed by atoms with Crippen molar-refractivity contribution < 1.29 is 13.6 Å². The fourth-order valence-electron chi connectivity index (χ4n) is 2.59. The van der Waals surface area contributed by atoms with Crippen molar-refractivity contribution in [3.63, 3.8) is 0 Å². The molecule has 1 amide bonds. The van der Waals surface area contributed by atoms with Crippen molar-refractivity contribution >= 4 is 17.3 Å². The number of fused-ring (bicyclic) bond motifs is 1. The Morgan fingerprint density at radius 1 is 1.10 bits per heavy atom. The number of carbonyl (C=O) groups excluding carboxylic acids is 1. The predicted molar refractivity (Wildman–Crippen MR) is 77.2 cm³/mol. The Bertz CT molecular complexity index is 715. The Morgan fingerprint density at radius 2 is 1.90 bits per heavy atom. The number of anilines is 2. The molecule has 0 spiro atoms. The third-order valence-electron chi connectivity index (χ3n) is 3.64. The van der Waals surface area contributed by atoms with Crippen LogP contribution in [0, 0.1) is 11.6 Å². The molecule has 0 saturated carbocycles. The van der Waals surface area contributed by atoms with Gasteiger partial charge in [0.15, 0.2) is 11.6 Å². The van der Waals surface area contributed by atoms with Gasteiger partial charge in [0.1, 0.15) is 0 Å². The smallest absolute Gasteiger partial charge is 0.258 e. The van der Waals surface area contributed by atoms with Crippen LogP contribution < -0.4 is 10.6 Å². The molecule has 1 aliphatic heterocycles. The second-order valence-corrected chi connectivity index (χ2v) is 5.08. The van der Waals surface area contributed by atoms with E-state index in [0.29, 0.717) is 12.2 Å². The maximum Gasteiger partial charge on any atom is 0.258 e. The molecule has 1 heterocycles. The lowest BCUT2D eigenvalue weighted by atomic mass is 10.00. The summed E-state index contributed by atoms with van der Waals surface area (Å²) in [5.74, 6) is -2.33. The number of benzene rings is 2. The van der Waals surface area contributed by atoms with Gasteiger partial charge in [-0.3, -0.25) is 4.79 Å². The van der Waals surface area contributed by atoms with E-state index in [1.807, 2.05) is 6.07 Å². The molecule has 0 unspecified atom stereocenters. The summed E-state index contributed by atoms with van der Waals surface area (Å²) >= 11 is 0. The van der Waals surface area contributed by atoms with E-state index in [1.165, 1.54) is 6.07 Å². The van der Waals surface area contributed by atoms with Crippen molar-refractivity contribution in [1.82, 2.24) is 0 Å². The fourth-order valence-corrected chi connectivity index (χ4v) is 2.59. The molecular weight excluding hydrogens is 274 g/mol. The van der Waals surface area contributed by atoms with E-state index in [0.717, 1.165) is 36.2 Å². The van der Waals surface area contributed by atoms with Gasteiger partial charge in [-0.15, -0.1) is 0 Å². The molecule has 108 valence electrons. The Morgan fingerprint density at radius 3 is 2.67 bits per heavy atom. The molecule has 1 aliphatic rings. The van der Waals surface area contributed by atoms with Gasteiger partial charge in [0.2, 0.25) is 0 Å². The number of rotatable bonds is 1. The molecule has 2 aromatic rings. The van der Waals surface area contributed by atoms with Crippen LogP contribution in [0.1, 0.15) is 22.3 Å². The molecule has 0 aromatic heterocycles. The zero-order valence-electron chi connectivity index (χ0n) is 11.3. The van der Waals surface area contributed by atoms with Gasteiger partial charge in [0.05, 0.1) is 0 Å². The molecule has 3 rings (SSSR count). The summed E-state index contributed by atoms with van der Waals surface area (Å²) in [6, 6.07) is 8.62. The Kier molecular flexibility index (Phi) is 3.33. The van der Waals surface area contributed by atoms with Crippen molar-refractivity contribution in [2.75, 3.05) is 17.2 Å². The second-order valence-electron chi connectivity index (χ2n) is 5.08. The zero-order valence-corrected chi connectivity index (χ0v) is 11.3. The van der Waals surface area contributed by atoms with Crippen LogP contribution in [0.2, 0.25) is 0 Å². The lowest BCUT2D eigenvalue weighted by Crippen LogP contribution is -2.35. The molecule has 0 saturated heterocycles. The third-order valence-corrected chi connectivity index (χ3v) is 3.64. The quantitative estimate of drug-likeness (QED) is 0.819. The third kappa shape index (κ3) is 2.46. The molecule has 2 N–H and O–H groups in total. The minimum absolute atomic E-state index is 0.129. The van der Waals surface area contributed by atoms with E-state index in [4.69, 9.17) is 5.73 Å². The van der Waals surface area contributed by atoms with Gasteiger partial charge in [0.25, 0.3) is 5.91 Å². The van der Waals surface area contributed by atoms with Gasteiger partial charge in [-0.1, -0.05) is 6.07 Å². The first-order valence-electron chi connectivity index (χ1n) is 6.71. The minimum atomic E-state index is -1.02. The van der Waals surface area contributed by atoms with E-state index in [-0.39, 0.29) is 11.5 Å². The van der Waals surface area contributed by atoms with Crippen LogP contribution in [0.4, 0.5) is 20.2 Å². The highest BCUT2D eigenvalue weighted by molar-refractivity contribution is 6.07. The highest BCUT2D eigenvalue weighted by Crippen LogP contribution is 2.30. The molecule has 0 fully saturated rings. The summed E-state index contributed by atoms with van der Waals surface area (Å²) in [5.41, 5.74) is 8.26. The molecule has 0 radical (unpaired) electrons. The number of nitrogens with zero attached hydrogens (tertiary/aromatic N) is 1. The molecule has 0 bridgehead atoms. The van der Waals surface area contributed by atoms with Crippen LogP contribution in [-0.4, -0.2) is 12.5 Å². The highest BCUT2D eigenvalue weighted by atomic mass is 19.2. The van der Waals surface area contributed by atoms with Crippen LogP contribution >= 0.6 is 0 Å². The standard InChI is InChI=1S/C16H14F2N2O/c17-13-6-4-11(8-14(13)18)16(21)20-7-1-2-10-3-5-12(19)9-15(10)20/h3-6,8-9H,1-2,7,19H2. The van der Waals surface area contributed by atoms with E-state index in [1.54, 1.807) is 17.0 Å². The lowest BCUT2D eigenvalue weighted by molar-refractivity contribution is 0.0984. The van der Waals surface area contributed by atoms with Gasteiger partial charge < -0.3 is 10.6 Å². The van der Waals surface area contributed by atoms with E-state index in [2.05, 4.69) is 0 Å². The van der Waals surface area contributed by atoms with Crippen molar-refractivity contribution in [3.8, 4) is 0 Å². The summed E-state index contributed by atoms with van der Waals surface area (Å²) in [5, 5.41) is 0. The molecular formula is C16H14F2N2O. The van der Waals surface area contributed by atoms with E-state index >= 15 is 0 Å². The SMILES string of the molecule is Nc1ccc2c(c1)N(C(=O)c1ccc(F)c(F)c1)CCC2. The first kappa shape index (κ1) is 13.5. The number of hydrogen-bond donors (Lipinski definition) is 1. The summed E-state index contributed by atoms with van der Waals surface area (Å²) in [7, 11) is 0. The van der Waals surface area contributed by atoms with Crippen molar-refractivity contribution in [2.45, 2.75) is 12.8 Å². The Labute approximate surface area is 121 Å². The van der Waals surface area contributed by atoms with Gasteiger partial charge >= 0.3 is 0 Å². The van der Waals surface area contributed by atoms with Gasteiger partial charge in [-0.2, -0.15) is 0 Å². The molecule has 0 aliphatic carbocycles. The van der Waals surface area contributed by atoms with Crippen LogP contribution in [0.25, 0.3) is 0 Å². The normalized spacial score (nSPS) is 13.9. The monoisotopic (exact) mass is 288 g/mol. The van der Waals surface area contributed by atoms with Crippen molar-refractivity contribution in [2.24, 2.45) is 0 Å². The molecule has 3 nitrogen and oxygen atoms in total. The maximum absolute atomic E-state index is 13.3. The summed E-state index contributed by atoms with van der Waals surface area (Å²) < 4.78 is 26.3. The van der Waals surface area contributed by atoms with Crippen LogP contribution in [0.3, 0.4) is 0 Å². The minimum Gasteiger partial charge on any atom is -0.399 e. The van der Waals surface area contributed by atoms with Gasteiger partial charge in [0, 0.05) is 23.5 Å². The largest absolute Gasteiger partial charge is 0.399 e. The van der Waals surface area contributed by atoms with E-state index in [9.17, 15) is 13.6 Å². The number of halogens is 2. The summed E-state index contributed by atoms with van der Waals surface area (Å²) in [6.07, 6.45) is 1.70. The summed E-state index contributed by atoms with van der Waals surface area (Å²) in [4.78, 5) is 14.1. The molecule has 5 heteroatoms. The topological polar surface area (TPSA) is 46.3 Å². The Hall–Kier alpha value is -2.43. The van der Waals surface area contributed by atoms with E-state index < -0.39 is 11.6 Å². The van der Waals surface area contributed by atoms with Gasteiger partial charge in [-0.05, 0) is 48.7 Å². The molecule has 2 aromatic carbocycles. The summed E-state index contributed by atoms with van der Waals surface area (Å²) in [6.45, 7) is 0.536. The number of aryl methyl sites for hydroxylation is 1. The fraction of sp³-hybridized carbons (Fsp3) is 0.188. The first-order valence-corrected chi connectivity index (χ1v) is 6.71. The second kappa shape index (κ2) is 5.16. The average molecular weight is 288 g/mol. The van der Waals surface area contributed by atoms with Crippen LogP contribution in [-0.2, 0) is 6.42 Å². The average Bonchev–Trinajstić information content (AvgIpc) is 2.48. The van der Waals surface area contributed by atoms with Crippen LogP contribution in [0.15, 0.2) is 36.4 Å². The number of hydrogen-bond acceptors (Lipinski definition) is 2. The van der Waals surface area contributed by atoms with Gasteiger partial charge in [-0.25, -0.2) is 8.78 Å². The number of nitrogens with two attached hydrogens (primary N) is 1. The number of amides is 1.